The first kappa shape index (κ1) is 14.9. The fourth-order valence-corrected chi connectivity index (χ4v) is 7.70. The van der Waals surface area contributed by atoms with Crippen LogP contribution < -0.4 is 4.74 Å². The van der Waals surface area contributed by atoms with Gasteiger partial charge in [-0.3, -0.25) is 0 Å². The van der Waals surface area contributed by atoms with Crippen molar-refractivity contribution in [3.05, 3.63) is 23.3 Å². The molecule has 2 aliphatic heterocycles. The zero-order valence-corrected chi connectivity index (χ0v) is 15.6. The van der Waals surface area contributed by atoms with Crippen LogP contribution in [-0.4, -0.2) is 41.9 Å². The van der Waals surface area contributed by atoms with Gasteiger partial charge in [-0.25, -0.2) is 0 Å². The number of rotatable bonds is 2. The first-order chi connectivity index (χ1) is 12.0. The smallest absolute Gasteiger partial charge is 0.165 e. The molecule has 134 valence electrons. The third-order valence-electron chi connectivity index (χ3n) is 8.95. The molecule has 1 unspecified atom stereocenters. The lowest BCUT2D eigenvalue weighted by molar-refractivity contribution is -0.951. The van der Waals surface area contributed by atoms with Crippen molar-refractivity contribution >= 4 is 0 Å². The molecule has 1 N–H and O–H groups in total. The Balaban J connectivity index is 1.58. The van der Waals surface area contributed by atoms with Crippen molar-refractivity contribution in [1.29, 1.82) is 0 Å². The number of aromatic hydroxyl groups is 1. The molecule has 0 aromatic heterocycles. The molecule has 3 aliphatic carbocycles. The number of likely N-dealkylation sites (tertiary alicyclic amines) is 1. The lowest BCUT2D eigenvalue weighted by Crippen LogP contribution is -2.75. The van der Waals surface area contributed by atoms with Crippen molar-refractivity contribution in [2.45, 2.75) is 69.4 Å². The lowest BCUT2D eigenvalue weighted by Gasteiger charge is -2.66. The fraction of sp³-hybridized carbons (Fsp3) is 0.727. The van der Waals surface area contributed by atoms with E-state index >= 15 is 0 Å². The minimum Gasteiger partial charge on any atom is -0.504 e. The van der Waals surface area contributed by atoms with Gasteiger partial charge >= 0.3 is 0 Å². The molecule has 2 heterocycles. The highest BCUT2D eigenvalue weighted by molar-refractivity contribution is 5.61. The zero-order valence-electron chi connectivity index (χ0n) is 15.6. The number of phenols is 1. The second-order valence-electron chi connectivity index (χ2n) is 10.1. The molecule has 1 aromatic rings. The van der Waals surface area contributed by atoms with E-state index in [9.17, 15) is 5.11 Å². The number of benzene rings is 1. The fourth-order valence-electron chi connectivity index (χ4n) is 7.70. The number of piperidine rings is 1. The number of hydrogen-bond acceptors (Lipinski definition) is 2. The van der Waals surface area contributed by atoms with Crippen LogP contribution in [0, 0.1) is 11.3 Å². The van der Waals surface area contributed by atoms with Gasteiger partial charge in [-0.2, -0.15) is 0 Å². The Kier molecular flexibility index (Phi) is 2.60. The molecule has 0 amide bonds. The molecule has 6 rings (SSSR count). The molecular formula is C22H30NO2+. The summed E-state index contributed by atoms with van der Waals surface area (Å²) in [5.74, 6) is 2.18. The molecule has 3 heteroatoms. The molecule has 5 atom stereocenters. The molecular weight excluding hydrogens is 310 g/mol. The molecule has 3 fully saturated rings. The number of quaternary nitrogens is 1. The summed E-state index contributed by atoms with van der Waals surface area (Å²) in [5.41, 5.74) is 3.34. The van der Waals surface area contributed by atoms with Crippen molar-refractivity contribution in [3.63, 3.8) is 0 Å². The molecule has 25 heavy (non-hydrogen) atoms. The second-order valence-corrected chi connectivity index (χ2v) is 10.1. The molecule has 5 aliphatic rings. The summed E-state index contributed by atoms with van der Waals surface area (Å²) in [6, 6.07) is 4.79. The average Bonchev–Trinajstić information content (AvgIpc) is 3.30. The number of hydrogen-bond donors (Lipinski definition) is 1. The summed E-state index contributed by atoms with van der Waals surface area (Å²) in [6.45, 7) is 5.24. The standard InChI is InChI=1S/C22H29NO2/c1-21-9-3-4-18-22(21)10-11-23(2,13-14-5-6-14)17(21)12-15-7-8-16(24)20(25-18)19(15)22/h7-8,14,17-18H,3-6,9-13H2,1-2H3/p+1/t17-,18+,21+,22-,23?/m1/s1. The zero-order chi connectivity index (χ0) is 17.0. The van der Waals surface area contributed by atoms with Crippen LogP contribution in [-0.2, 0) is 11.8 Å². The molecule has 1 saturated heterocycles. The molecule has 3 nitrogen and oxygen atoms in total. The van der Waals surface area contributed by atoms with Gasteiger partial charge in [0.2, 0.25) is 0 Å². The van der Waals surface area contributed by atoms with Crippen molar-refractivity contribution in [3.8, 4) is 11.5 Å². The van der Waals surface area contributed by atoms with Gasteiger partial charge in [-0.15, -0.1) is 0 Å². The van der Waals surface area contributed by atoms with Gasteiger partial charge in [0.25, 0.3) is 0 Å². The maximum Gasteiger partial charge on any atom is 0.165 e. The molecule has 1 spiro atoms. The quantitative estimate of drug-likeness (QED) is 0.831. The van der Waals surface area contributed by atoms with E-state index in [-0.39, 0.29) is 11.5 Å². The first-order valence-corrected chi connectivity index (χ1v) is 10.3. The van der Waals surface area contributed by atoms with Crippen molar-refractivity contribution in [2.75, 3.05) is 20.1 Å². The largest absolute Gasteiger partial charge is 0.504 e. The van der Waals surface area contributed by atoms with E-state index in [1.165, 1.54) is 67.2 Å². The predicted molar refractivity (Wildman–Crippen MR) is 96.9 cm³/mol. The van der Waals surface area contributed by atoms with Crippen molar-refractivity contribution in [2.24, 2.45) is 11.3 Å². The summed E-state index contributed by atoms with van der Waals surface area (Å²) in [4.78, 5) is 0. The maximum absolute atomic E-state index is 10.5. The van der Waals surface area contributed by atoms with E-state index in [2.05, 4.69) is 20.0 Å². The Bertz CT molecular complexity index is 772. The van der Waals surface area contributed by atoms with Crippen LogP contribution in [0.5, 0.6) is 11.5 Å². The van der Waals surface area contributed by atoms with Crippen LogP contribution in [0.1, 0.15) is 56.6 Å². The monoisotopic (exact) mass is 340 g/mol. The van der Waals surface area contributed by atoms with Crippen LogP contribution in [0.25, 0.3) is 0 Å². The number of ether oxygens (including phenoxy) is 1. The van der Waals surface area contributed by atoms with E-state index in [0.29, 0.717) is 17.2 Å². The summed E-state index contributed by atoms with van der Waals surface area (Å²) >= 11 is 0. The third kappa shape index (κ3) is 1.58. The van der Waals surface area contributed by atoms with Crippen LogP contribution in [0.15, 0.2) is 12.1 Å². The van der Waals surface area contributed by atoms with Gasteiger partial charge in [0.05, 0.1) is 31.6 Å². The summed E-state index contributed by atoms with van der Waals surface area (Å²) < 4.78 is 7.75. The van der Waals surface area contributed by atoms with Gasteiger partial charge in [0.15, 0.2) is 11.5 Å². The predicted octanol–water partition coefficient (Wildman–Crippen LogP) is 3.77. The Labute approximate surface area is 150 Å². The Morgan fingerprint density at radius 2 is 2.08 bits per heavy atom. The van der Waals surface area contributed by atoms with E-state index in [1.807, 2.05) is 6.07 Å². The van der Waals surface area contributed by atoms with E-state index in [4.69, 9.17) is 4.74 Å². The number of phenolic OH excluding ortho intramolecular Hbond substituents is 1. The highest BCUT2D eigenvalue weighted by Gasteiger charge is 2.72. The molecule has 1 aromatic carbocycles. The minimum atomic E-state index is 0.152. The normalized spacial score (nSPS) is 46.5. The Morgan fingerprint density at radius 1 is 1.24 bits per heavy atom. The highest BCUT2D eigenvalue weighted by Crippen LogP contribution is 2.70. The molecule has 0 radical (unpaired) electrons. The van der Waals surface area contributed by atoms with Crippen LogP contribution >= 0.6 is 0 Å². The average molecular weight is 340 g/mol. The van der Waals surface area contributed by atoms with Crippen molar-refractivity contribution in [1.82, 2.24) is 0 Å². The highest BCUT2D eigenvalue weighted by atomic mass is 16.5. The van der Waals surface area contributed by atoms with E-state index < -0.39 is 0 Å². The lowest BCUT2D eigenvalue weighted by atomic mass is 9.44. The maximum atomic E-state index is 10.5. The summed E-state index contributed by atoms with van der Waals surface area (Å²) in [7, 11) is 2.55. The Hall–Kier alpha value is -1.22. The number of nitrogens with zero attached hydrogens (tertiary/aromatic N) is 1. The molecule has 2 saturated carbocycles. The molecule has 2 bridgehead atoms. The number of likely N-dealkylation sites (N-methyl/N-ethyl adjacent to an activating group) is 1. The van der Waals surface area contributed by atoms with Crippen molar-refractivity contribution < 1.29 is 14.3 Å². The summed E-state index contributed by atoms with van der Waals surface area (Å²) in [6.07, 6.45) is 9.33. The second kappa shape index (κ2) is 4.36. The first-order valence-electron chi connectivity index (χ1n) is 10.3. The van der Waals surface area contributed by atoms with E-state index in [1.54, 1.807) is 0 Å². The third-order valence-corrected chi connectivity index (χ3v) is 8.95. The van der Waals surface area contributed by atoms with Crippen LogP contribution in [0.4, 0.5) is 0 Å². The van der Waals surface area contributed by atoms with Crippen LogP contribution in [0.3, 0.4) is 0 Å². The topological polar surface area (TPSA) is 29.5 Å². The van der Waals surface area contributed by atoms with Gasteiger partial charge in [-0.05, 0) is 43.7 Å². The Morgan fingerprint density at radius 3 is 2.88 bits per heavy atom. The summed E-state index contributed by atoms with van der Waals surface area (Å²) in [5, 5.41) is 10.5. The SMILES string of the molecule is C[C@@]12CCC[C@@H]3Oc4c(O)ccc5c4[C@@]31CC[N+](C)(CC1CC1)[C@@H]2C5. The van der Waals surface area contributed by atoms with Gasteiger partial charge in [-0.1, -0.05) is 13.0 Å². The van der Waals surface area contributed by atoms with E-state index in [0.717, 1.165) is 18.1 Å². The van der Waals surface area contributed by atoms with Gasteiger partial charge < -0.3 is 14.3 Å². The van der Waals surface area contributed by atoms with Gasteiger partial charge in [0, 0.05) is 29.7 Å². The minimum absolute atomic E-state index is 0.152. The van der Waals surface area contributed by atoms with Crippen LogP contribution in [0.2, 0.25) is 0 Å². The van der Waals surface area contributed by atoms with Gasteiger partial charge in [0.1, 0.15) is 6.10 Å².